The van der Waals surface area contributed by atoms with Crippen LogP contribution >= 0.6 is 0 Å². The molecule has 0 heterocycles. The van der Waals surface area contributed by atoms with E-state index in [0.717, 1.165) is 25.7 Å². The van der Waals surface area contributed by atoms with Gasteiger partial charge in [0.15, 0.2) is 23.3 Å². The van der Waals surface area contributed by atoms with Gasteiger partial charge in [0.05, 0.1) is 6.10 Å². The van der Waals surface area contributed by atoms with Crippen LogP contribution in [0.1, 0.15) is 127 Å². The van der Waals surface area contributed by atoms with Crippen molar-refractivity contribution in [1.82, 2.24) is 0 Å². The number of halogens is 5. The molecule has 0 spiro atoms. The van der Waals surface area contributed by atoms with Gasteiger partial charge in [-0.2, -0.15) is 0 Å². The number of benzene rings is 1. The maximum atomic E-state index is 13.7. The van der Waals surface area contributed by atoms with E-state index in [4.69, 9.17) is 4.74 Å². The maximum Gasteiger partial charge on any atom is 0.344 e. The first-order valence-corrected chi connectivity index (χ1v) is 12.5. The number of unbranched alkanes of at least 4 members (excludes halogenated alkanes) is 14. The molecule has 0 amide bonds. The molecular formula is C26H39F5O2. The van der Waals surface area contributed by atoms with Gasteiger partial charge in [-0.25, -0.2) is 26.7 Å². The Bertz CT molecular complexity index is 679. The highest BCUT2D eigenvalue weighted by atomic mass is 19.2. The van der Waals surface area contributed by atoms with E-state index in [-0.39, 0.29) is 0 Å². The summed E-state index contributed by atoms with van der Waals surface area (Å²) in [6.45, 7) is 3.77. The highest BCUT2D eigenvalue weighted by molar-refractivity contribution is 5.90. The van der Waals surface area contributed by atoms with Gasteiger partial charge in [-0.05, 0) is 19.8 Å². The molecule has 0 aliphatic heterocycles. The van der Waals surface area contributed by atoms with Gasteiger partial charge in [-0.3, -0.25) is 0 Å². The number of hydrogen-bond acceptors (Lipinski definition) is 2. The third kappa shape index (κ3) is 10.9. The number of rotatable bonds is 18. The molecule has 190 valence electrons. The van der Waals surface area contributed by atoms with E-state index in [2.05, 4.69) is 6.92 Å². The summed E-state index contributed by atoms with van der Waals surface area (Å²) in [5, 5.41) is 0. The molecule has 1 unspecified atom stereocenters. The van der Waals surface area contributed by atoms with Gasteiger partial charge >= 0.3 is 5.97 Å². The van der Waals surface area contributed by atoms with E-state index >= 15 is 0 Å². The summed E-state index contributed by atoms with van der Waals surface area (Å²) in [5.41, 5.74) is -1.55. The molecule has 1 rings (SSSR count). The molecule has 0 saturated heterocycles. The average molecular weight is 479 g/mol. The fourth-order valence-electron chi connectivity index (χ4n) is 3.89. The molecule has 0 fully saturated rings. The Labute approximate surface area is 195 Å². The van der Waals surface area contributed by atoms with Crippen molar-refractivity contribution in [1.29, 1.82) is 0 Å². The molecule has 1 aromatic carbocycles. The van der Waals surface area contributed by atoms with E-state index in [0.29, 0.717) is 6.42 Å². The molecule has 0 N–H and O–H groups in total. The van der Waals surface area contributed by atoms with Crippen LogP contribution in [-0.4, -0.2) is 12.1 Å². The third-order valence-electron chi connectivity index (χ3n) is 5.94. The number of hydrogen-bond donors (Lipinski definition) is 0. The van der Waals surface area contributed by atoms with E-state index in [1.165, 1.54) is 77.6 Å². The highest BCUT2D eigenvalue weighted by Gasteiger charge is 2.31. The van der Waals surface area contributed by atoms with Crippen LogP contribution in [0.15, 0.2) is 0 Å². The van der Waals surface area contributed by atoms with Crippen molar-refractivity contribution < 1.29 is 31.5 Å². The van der Waals surface area contributed by atoms with Gasteiger partial charge in [0.25, 0.3) is 0 Å². The summed E-state index contributed by atoms with van der Waals surface area (Å²) >= 11 is 0. The Morgan fingerprint density at radius 3 is 1.33 bits per heavy atom. The van der Waals surface area contributed by atoms with Gasteiger partial charge in [-0.15, -0.1) is 0 Å². The van der Waals surface area contributed by atoms with Crippen molar-refractivity contribution in [3.63, 3.8) is 0 Å². The molecule has 0 saturated carbocycles. The minimum absolute atomic E-state index is 0.458. The lowest BCUT2D eigenvalue weighted by atomic mass is 10.0. The van der Waals surface area contributed by atoms with Crippen molar-refractivity contribution >= 4 is 5.97 Å². The standard InChI is InChI=1S/C26H39F5O2/c1-3-4-5-6-7-8-9-10-11-12-13-14-15-16-17-18-19(2)33-26(32)20-21(27)23(29)25(31)24(30)22(20)28/h19H,3-18H2,1-2H3. The Morgan fingerprint density at radius 1 is 0.606 bits per heavy atom. The molecule has 1 aromatic rings. The van der Waals surface area contributed by atoms with Gasteiger partial charge in [-0.1, -0.05) is 96.8 Å². The van der Waals surface area contributed by atoms with Crippen LogP contribution in [0, 0.1) is 29.1 Å². The van der Waals surface area contributed by atoms with Gasteiger partial charge in [0.1, 0.15) is 5.56 Å². The second-order valence-corrected chi connectivity index (χ2v) is 8.90. The third-order valence-corrected chi connectivity index (χ3v) is 5.94. The maximum absolute atomic E-state index is 13.7. The van der Waals surface area contributed by atoms with Gasteiger partial charge in [0, 0.05) is 0 Å². The van der Waals surface area contributed by atoms with E-state index in [1.54, 1.807) is 0 Å². The molecule has 7 heteroatoms. The number of carbonyl (C=O) groups excluding carboxylic acids is 1. The number of esters is 1. The van der Waals surface area contributed by atoms with E-state index < -0.39 is 46.7 Å². The normalized spacial score (nSPS) is 12.2. The smallest absolute Gasteiger partial charge is 0.344 e. The molecule has 0 bridgehead atoms. The topological polar surface area (TPSA) is 26.3 Å². The minimum Gasteiger partial charge on any atom is -0.459 e. The Morgan fingerprint density at radius 2 is 0.939 bits per heavy atom. The quantitative estimate of drug-likeness (QED) is 0.0691. The summed E-state index contributed by atoms with van der Waals surface area (Å²) in [4.78, 5) is 11.9. The van der Waals surface area contributed by atoms with E-state index in [1.807, 2.05) is 0 Å². The van der Waals surface area contributed by atoms with Crippen LogP contribution in [0.4, 0.5) is 22.0 Å². The second-order valence-electron chi connectivity index (χ2n) is 8.90. The average Bonchev–Trinajstić information content (AvgIpc) is 2.79. The molecule has 1 atom stereocenters. The lowest BCUT2D eigenvalue weighted by molar-refractivity contribution is 0.0305. The Balaban J connectivity index is 2.10. The van der Waals surface area contributed by atoms with Crippen LogP contribution in [-0.2, 0) is 4.74 Å². The van der Waals surface area contributed by atoms with E-state index in [9.17, 15) is 26.7 Å². The van der Waals surface area contributed by atoms with Crippen molar-refractivity contribution in [2.75, 3.05) is 0 Å². The molecule has 0 radical (unpaired) electrons. The van der Waals surface area contributed by atoms with Crippen molar-refractivity contribution in [2.24, 2.45) is 0 Å². The minimum atomic E-state index is -2.30. The summed E-state index contributed by atoms with van der Waals surface area (Å²) in [7, 11) is 0. The van der Waals surface area contributed by atoms with Crippen LogP contribution in [0.2, 0.25) is 0 Å². The molecule has 2 nitrogen and oxygen atoms in total. The predicted molar refractivity (Wildman–Crippen MR) is 121 cm³/mol. The SMILES string of the molecule is CCCCCCCCCCCCCCCCCC(C)OC(=O)c1c(F)c(F)c(F)c(F)c1F. The second kappa shape index (κ2) is 16.9. The van der Waals surface area contributed by atoms with Gasteiger partial charge < -0.3 is 4.74 Å². The zero-order valence-electron chi connectivity index (χ0n) is 20.1. The van der Waals surface area contributed by atoms with Crippen LogP contribution in [0.25, 0.3) is 0 Å². The molecule has 0 aromatic heterocycles. The zero-order valence-corrected chi connectivity index (χ0v) is 20.1. The van der Waals surface area contributed by atoms with Gasteiger partial charge in [0.2, 0.25) is 5.82 Å². The van der Waals surface area contributed by atoms with Crippen molar-refractivity contribution in [3.05, 3.63) is 34.6 Å². The van der Waals surface area contributed by atoms with Crippen LogP contribution in [0.5, 0.6) is 0 Å². The number of ether oxygens (including phenoxy) is 1. The summed E-state index contributed by atoms with van der Waals surface area (Å²) in [5.74, 6) is -12.5. The molecular weight excluding hydrogens is 439 g/mol. The number of carbonyl (C=O) groups is 1. The van der Waals surface area contributed by atoms with Crippen LogP contribution in [0.3, 0.4) is 0 Å². The Kier molecular flexibility index (Phi) is 15.0. The lowest BCUT2D eigenvalue weighted by Gasteiger charge is -2.14. The lowest BCUT2D eigenvalue weighted by Crippen LogP contribution is -2.20. The fourth-order valence-corrected chi connectivity index (χ4v) is 3.89. The van der Waals surface area contributed by atoms with Crippen LogP contribution < -0.4 is 0 Å². The summed E-state index contributed by atoms with van der Waals surface area (Å²) in [6, 6.07) is 0. The first-order chi connectivity index (χ1) is 15.8. The molecule has 0 aliphatic carbocycles. The first kappa shape index (κ1) is 29.4. The largest absolute Gasteiger partial charge is 0.459 e. The zero-order chi connectivity index (χ0) is 24.6. The first-order valence-electron chi connectivity index (χ1n) is 12.5. The van der Waals surface area contributed by atoms with Crippen molar-refractivity contribution in [3.8, 4) is 0 Å². The summed E-state index contributed by atoms with van der Waals surface area (Å²) < 4.78 is 71.8. The summed E-state index contributed by atoms with van der Waals surface area (Å²) in [6.07, 6.45) is 18.1. The Hall–Kier alpha value is -1.66. The molecule has 33 heavy (non-hydrogen) atoms. The highest BCUT2D eigenvalue weighted by Crippen LogP contribution is 2.24. The predicted octanol–water partition coefficient (Wildman–Crippen LogP) is 9.19. The fraction of sp³-hybridized carbons (Fsp3) is 0.731. The molecule has 0 aliphatic rings. The monoisotopic (exact) mass is 478 g/mol. The van der Waals surface area contributed by atoms with Crippen molar-refractivity contribution in [2.45, 2.75) is 123 Å².